The van der Waals surface area contributed by atoms with Crippen LogP contribution in [0, 0.1) is 5.92 Å². The van der Waals surface area contributed by atoms with E-state index in [4.69, 9.17) is 5.11 Å². The van der Waals surface area contributed by atoms with Crippen LogP contribution in [0.25, 0.3) is 0 Å². The molecule has 1 atom stereocenters. The normalized spacial score (nSPS) is 27.8. The molecule has 0 amide bonds. The highest BCUT2D eigenvalue weighted by Crippen LogP contribution is 2.33. The molecular formula is C10H19NO2. The summed E-state index contributed by atoms with van der Waals surface area (Å²) in [6.07, 6.45) is 1.33. The maximum Gasteiger partial charge on any atom is 0.303 e. The van der Waals surface area contributed by atoms with E-state index < -0.39 is 5.97 Å². The summed E-state index contributed by atoms with van der Waals surface area (Å²) in [6, 6.07) is 0. The standard InChI is InChI=1S/C10H19NO2/c1-4-11-7-8(5-9(12)13)6-10(11,2)3/h8H,4-7H2,1-3H3,(H,12,13). The molecular weight excluding hydrogens is 166 g/mol. The summed E-state index contributed by atoms with van der Waals surface area (Å²) in [4.78, 5) is 12.9. The summed E-state index contributed by atoms with van der Waals surface area (Å²) in [6.45, 7) is 8.47. The molecule has 0 aromatic rings. The van der Waals surface area contributed by atoms with Crippen LogP contribution in [-0.2, 0) is 4.79 Å². The Hall–Kier alpha value is -0.570. The van der Waals surface area contributed by atoms with Crippen LogP contribution in [0.5, 0.6) is 0 Å². The molecule has 76 valence electrons. The van der Waals surface area contributed by atoms with Gasteiger partial charge in [0.25, 0.3) is 0 Å². The van der Waals surface area contributed by atoms with E-state index in [2.05, 4.69) is 25.7 Å². The van der Waals surface area contributed by atoms with Crippen LogP contribution < -0.4 is 0 Å². The van der Waals surface area contributed by atoms with Crippen LogP contribution in [0.3, 0.4) is 0 Å². The number of nitrogens with zero attached hydrogens (tertiary/aromatic N) is 1. The average Bonchev–Trinajstić information content (AvgIpc) is 2.23. The van der Waals surface area contributed by atoms with E-state index in [1.165, 1.54) is 0 Å². The van der Waals surface area contributed by atoms with E-state index in [9.17, 15) is 4.79 Å². The topological polar surface area (TPSA) is 40.5 Å². The lowest BCUT2D eigenvalue weighted by Gasteiger charge is -2.29. The van der Waals surface area contributed by atoms with Crippen LogP contribution in [0.2, 0.25) is 0 Å². The van der Waals surface area contributed by atoms with Crippen molar-refractivity contribution in [3.63, 3.8) is 0 Å². The number of carboxylic acids is 1. The minimum absolute atomic E-state index is 0.189. The van der Waals surface area contributed by atoms with Crippen LogP contribution in [0.1, 0.15) is 33.6 Å². The minimum Gasteiger partial charge on any atom is -0.481 e. The summed E-state index contributed by atoms with van der Waals surface area (Å²) in [5, 5.41) is 8.68. The van der Waals surface area contributed by atoms with E-state index in [0.717, 1.165) is 19.5 Å². The number of hydrogen-bond donors (Lipinski definition) is 1. The number of likely N-dealkylation sites (tertiary alicyclic amines) is 1. The Morgan fingerprint density at radius 2 is 2.23 bits per heavy atom. The molecule has 1 aliphatic heterocycles. The number of carbonyl (C=O) groups is 1. The van der Waals surface area contributed by atoms with Gasteiger partial charge >= 0.3 is 5.97 Å². The molecule has 3 heteroatoms. The zero-order chi connectivity index (χ0) is 10.1. The van der Waals surface area contributed by atoms with Crippen molar-refractivity contribution in [1.29, 1.82) is 0 Å². The van der Waals surface area contributed by atoms with Gasteiger partial charge in [-0.15, -0.1) is 0 Å². The van der Waals surface area contributed by atoms with E-state index in [1.54, 1.807) is 0 Å². The second kappa shape index (κ2) is 3.66. The minimum atomic E-state index is -0.668. The van der Waals surface area contributed by atoms with Crippen LogP contribution in [0.4, 0.5) is 0 Å². The van der Waals surface area contributed by atoms with Gasteiger partial charge in [-0.25, -0.2) is 0 Å². The molecule has 0 aromatic carbocycles. The molecule has 1 saturated heterocycles. The zero-order valence-corrected chi connectivity index (χ0v) is 8.71. The number of rotatable bonds is 3. The first-order chi connectivity index (χ1) is 5.95. The molecule has 1 rings (SSSR count). The van der Waals surface area contributed by atoms with Gasteiger partial charge in [0.2, 0.25) is 0 Å². The fourth-order valence-corrected chi connectivity index (χ4v) is 2.40. The lowest BCUT2D eigenvalue weighted by atomic mass is 9.94. The van der Waals surface area contributed by atoms with E-state index in [0.29, 0.717) is 12.3 Å². The van der Waals surface area contributed by atoms with Crippen molar-refractivity contribution >= 4 is 5.97 Å². The Labute approximate surface area is 79.7 Å². The molecule has 0 aliphatic carbocycles. The summed E-state index contributed by atoms with van der Waals surface area (Å²) in [5.41, 5.74) is 0.189. The maximum absolute atomic E-state index is 10.5. The maximum atomic E-state index is 10.5. The van der Waals surface area contributed by atoms with Crippen molar-refractivity contribution in [2.24, 2.45) is 5.92 Å². The molecule has 1 N–H and O–H groups in total. The highest BCUT2D eigenvalue weighted by atomic mass is 16.4. The van der Waals surface area contributed by atoms with Crippen LogP contribution >= 0.6 is 0 Å². The largest absolute Gasteiger partial charge is 0.481 e. The Kier molecular flexibility index (Phi) is 2.96. The monoisotopic (exact) mass is 185 g/mol. The predicted molar refractivity (Wildman–Crippen MR) is 51.7 cm³/mol. The summed E-state index contributed by atoms with van der Waals surface area (Å²) in [5.74, 6) is -0.328. The van der Waals surface area contributed by atoms with Gasteiger partial charge in [-0.3, -0.25) is 9.69 Å². The Balaban J connectivity index is 2.53. The third-order valence-corrected chi connectivity index (χ3v) is 2.97. The van der Waals surface area contributed by atoms with Gasteiger partial charge in [0.1, 0.15) is 0 Å². The lowest BCUT2D eigenvalue weighted by Crippen LogP contribution is -2.37. The summed E-state index contributed by atoms with van der Waals surface area (Å²) < 4.78 is 0. The van der Waals surface area contributed by atoms with Gasteiger partial charge in [-0.05, 0) is 32.7 Å². The second-order valence-electron chi connectivity index (χ2n) is 4.52. The zero-order valence-electron chi connectivity index (χ0n) is 8.71. The Bertz CT molecular complexity index is 201. The van der Waals surface area contributed by atoms with Gasteiger partial charge < -0.3 is 5.11 Å². The average molecular weight is 185 g/mol. The third kappa shape index (κ3) is 2.44. The second-order valence-corrected chi connectivity index (χ2v) is 4.52. The molecule has 13 heavy (non-hydrogen) atoms. The summed E-state index contributed by atoms with van der Waals surface area (Å²) >= 11 is 0. The molecule has 0 saturated carbocycles. The number of carboxylic acid groups (broad SMARTS) is 1. The number of hydrogen-bond acceptors (Lipinski definition) is 2. The Morgan fingerprint density at radius 3 is 2.62 bits per heavy atom. The highest BCUT2D eigenvalue weighted by molar-refractivity contribution is 5.67. The van der Waals surface area contributed by atoms with Crippen molar-refractivity contribution in [3.05, 3.63) is 0 Å². The molecule has 1 fully saturated rings. The molecule has 3 nitrogen and oxygen atoms in total. The van der Waals surface area contributed by atoms with Gasteiger partial charge in [-0.2, -0.15) is 0 Å². The predicted octanol–water partition coefficient (Wildman–Crippen LogP) is 1.58. The fraction of sp³-hybridized carbons (Fsp3) is 0.900. The quantitative estimate of drug-likeness (QED) is 0.725. The third-order valence-electron chi connectivity index (χ3n) is 2.97. The van der Waals surface area contributed by atoms with E-state index in [1.807, 2.05) is 0 Å². The summed E-state index contributed by atoms with van der Waals surface area (Å²) in [7, 11) is 0. The molecule has 1 unspecified atom stereocenters. The molecule has 0 bridgehead atoms. The van der Waals surface area contributed by atoms with Crippen molar-refractivity contribution in [2.45, 2.75) is 39.2 Å². The molecule has 0 aromatic heterocycles. The van der Waals surface area contributed by atoms with Crippen molar-refractivity contribution in [3.8, 4) is 0 Å². The van der Waals surface area contributed by atoms with Crippen LogP contribution in [0.15, 0.2) is 0 Å². The first-order valence-corrected chi connectivity index (χ1v) is 4.92. The smallest absolute Gasteiger partial charge is 0.303 e. The van der Waals surface area contributed by atoms with Crippen LogP contribution in [-0.4, -0.2) is 34.6 Å². The van der Waals surface area contributed by atoms with E-state index >= 15 is 0 Å². The van der Waals surface area contributed by atoms with Crippen molar-refractivity contribution in [1.82, 2.24) is 4.90 Å². The number of aliphatic carboxylic acids is 1. The first kappa shape index (κ1) is 10.5. The molecule has 1 aliphatic rings. The molecule has 1 heterocycles. The molecule has 0 spiro atoms. The fourth-order valence-electron chi connectivity index (χ4n) is 2.40. The van der Waals surface area contributed by atoms with Gasteiger partial charge in [0.15, 0.2) is 0 Å². The Morgan fingerprint density at radius 1 is 1.62 bits per heavy atom. The van der Waals surface area contributed by atoms with E-state index in [-0.39, 0.29) is 5.54 Å². The first-order valence-electron chi connectivity index (χ1n) is 4.92. The van der Waals surface area contributed by atoms with Gasteiger partial charge in [0.05, 0.1) is 0 Å². The highest BCUT2D eigenvalue weighted by Gasteiger charge is 2.37. The van der Waals surface area contributed by atoms with Crippen molar-refractivity contribution in [2.75, 3.05) is 13.1 Å². The molecule has 0 radical (unpaired) electrons. The van der Waals surface area contributed by atoms with Gasteiger partial charge in [0, 0.05) is 18.5 Å². The van der Waals surface area contributed by atoms with Gasteiger partial charge in [-0.1, -0.05) is 6.92 Å². The van der Waals surface area contributed by atoms with Crippen molar-refractivity contribution < 1.29 is 9.90 Å². The lowest BCUT2D eigenvalue weighted by molar-refractivity contribution is -0.138. The SMILES string of the molecule is CCN1CC(CC(=O)O)CC1(C)C.